The zero-order chi connectivity index (χ0) is 12.4. The van der Waals surface area contributed by atoms with Crippen molar-refractivity contribution in [3.63, 3.8) is 0 Å². The Morgan fingerprint density at radius 2 is 1.88 bits per heavy atom. The number of Topliss-reactive ketones (excluding diaryl/α,β-unsaturated/α-hetero) is 1. The highest BCUT2D eigenvalue weighted by Gasteiger charge is 2.20. The molecule has 1 aromatic rings. The van der Waals surface area contributed by atoms with Gasteiger partial charge in [0.2, 0.25) is 6.79 Å². The predicted molar refractivity (Wildman–Crippen MR) is 58.8 cm³/mol. The number of carbonyl (C=O) groups is 2. The summed E-state index contributed by atoms with van der Waals surface area (Å²) < 4.78 is 10.2. The molecule has 1 aromatic carbocycles. The number of hydrogen-bond acceptors (Lipinski definition) is 4. The Balaban J connectivity index is 2.20. The Kier molecular flexibility index (Phi) is 3.19. The number of fused-ring (bicyclic) bond motifs is 1. The van der Waals surface area contributed by atoms with Gasteiger partial charge in [-0.2, -0.15) is 0 Å². The van der Waals surface area contributed by atoms with E-state index in [-0.39, 0.29) is 36.0 Å². The molecule has 0 radical (unpaired) electrons. The van der Waals surface area contributed by atoms with Crippen molar-refractivity contribution in [1.82, 2.24) is 0 Å². The molecular weight excluding hydrogens is 248 g/mol. The molecule has 2 rings (SSSR count). The number of aliphatic carboxylic acids is 1. The average Bonchev–Trinajstić information content (AvgIpc) is 2.71. The summed E-state index contributed by atoms with van der Waals surface area (Å²) in [4.78, 5) is 22.1. The van der Waals surface area contributed by atoms with Crippen LogP contribution >= 0.6 is 11.6 Å². The van der Waals surface area contributed by atoms with E-state index in [9.17, 15) is 9.59 Å². The van der Waals surface area contributed by atoms with E-state index in [4.69, 9.17) is 26.2 Å². The number of carboxylic acid groups (broad SMARTS) is 1. The molecule has 1 aliphatic heterocycles. The Morgan fingerprint density at radius 3 is 2.53 bits per heavy atom. The number of benzene rings is 1. The second-order valence-corrected chi connectivity index (χ2v) is 3.91. The largest absolute Gasteiger partial charge is 0.481 e. The van der Waals surface area contributed by atoms with Crippen LogP contribution in [0.5, 0.6) is 11.5 Å². The van der Waals surface area contributed by atoms with E-state index < -0.39 is 5.97 Å². The van der Waals surface area contributed by atoms with E-state index in [1.54, 1.807) is 0 Å². The number of hydrogen-bond donors (Lipinski definition) is 1. The van der Waals surface area contributed by atoms with E-state index in [0.29, 0.717) is 11.5 Å². The van der Waals surface area contributed by atoms with Gasteiger partial charge in [0.15, 0.2) is 17.3 Å². The van der Waals surface area contributed by atoms with Crippen molar-refractivity contribution in [3.8, 4) is 11.5 Å². The minimum atomic E-state index is -1.02. The van der Waals surface area contributed by atoms with Crippen LogP contribution in [0.1, 0.15) is 23.2 Å². The lowest BCUT2D eigenvalue weighted by molar-refractivity contribution is -0.136. The lowest BCUT2D eigenvalue weighted by Gasteiger charge is -2.04. The third-order valence-corrected chi connectivity index (χ3v) is 2.64. The van der Waals surface area contributed by atoms with Crippen molar-refractivity contribution in [2.45, 2.75) is 12.8 Å². The predicted octanol–water partition coefficient (Wildman–Crippen LogP) is 2.12. The van der Waals surface area contributed by atoms with Crippen molar-refractivity contribution >= 4 is 23.4 Å². The summed E-state index contributed by atoms with van der Waals surface area (Å²) in [6.07, 6.45) is -0.307. The second kappa shape index (κ2) is 4.63. The fourth-order valence-corrected chi connectivity index (χ4v) is 1.75. The van der Waals surface area contributed by atoms with Crippen LogP contribution in [0, 0.1) is 0 Å². The normalized spacial score (nSPS) is 12.5. The van der Waals surface area contributed by atoms with Crippen molar-refractivity contribution in [1.29, 1.82) is 0 Å². The van der Waals surface area contributed by atoms with E-state index in [1.807, 2.05) is 0 Å². The first-order valence-corrected chi connectivity index (χ1v) is 5.30. The lowest BCUT2D eigenvalue weighted by Crippen LogP contribution is -2.04. The van der Waals surface area contributed by atoms with Gasteiger partial charge in [-0.05, 0) is 6.07 Å². The number of ether oxygens (including phenoxy) is 2. The fourth-order valence-electron chi connectivity index (χ4n) is 1.49. The molecule has 0 atom stereocenters. The summed E-state index contributed by atoms with van der Waals surface area (Å²) in [6, 6.07) is 2.98. The molecule has 90 valence electrons. The maximum atomic E-state index is 11.7. The molecule has 5 nitrogen and oxygen atoms in total. The first kappa shape index (κ1) is 11.7. The Bertz CT molecular complexity index is 483. The number of carboxylic acids is 1. The van der Waals surface area contributed by atoms with Gasteiger partial charge in [0, 0.05) is 18.1 Å². The molecule has 1 N–H and O–H groups in total. The second-order valence-electron chi connectivity index (χ2n) is 3.50. The smallest absolute Gasteiger partial charge is 0.303 e. The SMILES string of the molecule is O=C(O)CCC(=O)c1cc2c(cc1Cl)OCO2. The molecule has 0 saturated heterocycles. The van der Waals surface area contributed by atoms with Crippen LogP contribution in [-0.4, -0.2) is 23.7 Å². The molecule has 0 bridgehead atoms. The highest BCUT2D eigenvalue weighted by Crippen LogP contribution is 2.37. The molecule has 0 saturated carbocycles. The molecule has 0 aliphatic carbocycles. The van der Waals surface area contributed by atoms with Gasteiger partial charge in [-0.3, -0.25) is 9.59 Å². The summed E-state index contributed by atoms with van der Waals surface area (Å²) in [7, 11) is 0. The first-order valence-electron chi connectivity index (χ1n) is 4.92. The molecule has 6 heteroatoms. The summed E-state index contributed by atoms with van der Waals surface area (Å²) in [5.41, 5.74) is 0.261. The summed E-state index contributed by atoms with van der Waals surface area (Å²) in [5, 5.41) is 8.74. The van der Waals surface area contributed by atoms with Crippen LogP contribution in [0.2, 0.25) is 5.02 Å². The molecule has 0 unspecified atom stereocenters. The zero-order valence-corrected chi connectivity index (χ0v) is 9.49. The monoisotopic (exact) mass is 256 g/mol. The number of ketones is 1. The summed E-state index contributed by atoms with van der Waals surface area (Å²) >= 11 is 5.91. The maximum Gasteiger partial charge on any atom is 0.303 e. The molecule has 0 spiro atoms. The standard InChI is InChI=1S/C11H9ClO5/c12-7-4-10-9(16-5-17-10)3-6(7)8(13)1-2-11(14)15/h3-4H,1-2,5H2,(H,14,15). The van der Waals surface area contributed by atoms with E-state index in [1.165, 1.54) is 12.1 Å². The Labute approximate surface area is 102 Å². The minimum Gasteiger partial charge on any atom is -0.481 e. The van der Waals surface area contributed by atoms with Crippen LogP contribution in [0.3, 0.4) is 0 Å². The van der Waals surface area contributed by atoms with Crippen molar-refractivity contribution in [3.05, 3.63) is 22.7 Å². The highest BCUT2D eigenvalue weighted by molar-refractivity contribution is 6.34. The molecule has 0 amide bonds. The minimum absolute atomic E-state index is 0.0886. The fraction of sp³-hybridized carbons (Fsp3) is 0.273. The van der Waals surface area contributed by atoms with Gasteiger partial charge >= 0.3 is 5.97 Å². The van der Waals surface area contributed by atoms with Gasteiger partial charge in [0.05, 0.1) is 11.4 Å². The van der Waals surface area contributed by atoms with Gasteiger partial charge < -0.3 is 14.6 Å². The maximum absolute atomic E-state index is 11.7. The van der Waals surface area contributed by atoms with Crippen molar-refractivity contribution in [2.75, 3.05) is 6.79 Å². The summed E-state index contributed by atoms with van der Waals surface area (Å²) in [5.74, 6) is -0.399. The van der Waals surface area contributed by atoms with Gasteiger partial charge in [-0.15, -0.1) is 0 Å². The molecule has 1 aliphatic rings. The quantitative estimate of drug-likeness (QED) is 0.836. The zero-order valence-electron chi connectivity index (χ0n) is 8.73. The third kappa shape index (κ3) is 2.50. The van der Waals surface area contributed by atoms with Gasteiger partial charge in [0.25, 0.3) is 0 Å². The van der Waals surface area contributed by atoms with Gasteiger partial charge in [-0.1, -0.05) is 11.6 Å². The van der Waals surface area contributed by atoms with E-state index in [0.717, 1.165) is 0 Å². The first-order chi connectivity index (χ1) is 8.08. The van der Waals surface area contributed by atoms with E-state index in [2.05, 4.69) is 0 Å². The van der Waals surface area contributed by atoms with Crippen LogP contribution in [-0.2, 0) is 4.79 Å². The van der Waals surface area contributed by atoms with Crippen molar-refractivity contribution < 1.29 is 24.2 Å². The topological polar surface area (TPSA) is 72.8 Å². The molecule has 17 heavy (non-hydrogen) atoms. The molecule has 0 aromatic heterocycles. The van der Waals surface area contributed by atoms with Gasteiger partial charge in [0.1, 0.15) is 0 Å². The molecular formula is C11H9ClO5. The van der Waals surface area contributed by atoms with E-state index >= 15 is 0 Å². The van der Waals surface area contributed by atoms with Gasteiger partial charge in [-0.25, -0.2) is 0 Å². The lowest BCUT2D eigenvalue weighted by atomic mass is 10.1. The van der Waals surface area contributed by atoms with Crippen LogP contribution in [0.15, 0.2) is 12.1 Å². The summed E-state index contributed by atoms with van der Waals surface area (Å²) in [6.45, 7) is 0.0957. The van der Waals surface area contributed by atoms with Crippen molar-refractivity contribution in [2.24, 2.45) is 0 Å². The number of halogens is 1. The molecule has 0 fully saturated rings. The number of rotatable bonds is 4. The Morgan fingerprint density at radius 1 is 1.24 bits per heavy atom. The third-order valence-electron chi connectivity index (χ3n) is 2.33. The molecule has 1 heterocycles. The van der Waals surface area contributed by atoms with Crippen LogP contribution in [0.25, 0.3) is 0 Å². The highest BCUT2D eigenvalue weighted by atomic mass is 35.5. The Hall–Kier alpha value is -1.75. The van der Waals surface area contributed by atoms with Crippen LogP contribution < -0.4 is 9.47 Å². The van der Waals surface area contributed by atoms with Crippen LogP contribution in [0.4, 0.5) is 0 Å². The number of carbonyl (C=O) groups excluding carboxylic acids is 1. The average molecular weight is 257 g/mol.